The molecule has 0 bridgehead atoms. The number of nitrogens with zero attached hydrogens (tertiary/aromatic N) is 3. The molecule has 100 valence electrons. The molecule has 1 aromatic heterocycles. The van der Waals surface area contributed by atoms with E-state index < -0.39 is 0 Å². The molecule has 0 radical (unpaired) electrons. The zero-order valence-electron chi connectivity index (χ0n) is 11.2. The average Bonchev–Trinajstić information content (AvgIpc) is 2.36. The van der Waals surface area contributed by atoms with E-state index in [9.17, 15) is 4.79 Å². The number of amides is 1. The minimum absolute atomic E-state index is 0.00211. The van der Waals surface area contributed by atoms with Crippen LogP contribution in [0.2, 0.25) is 0 Å². The molecule has 7 heteroatoms. The van der Waals surface area contributed by atoms with Crippen LogP contribution in [0.1, 0.15) is 6.92 Å². The first kappa shape index (κ1) is 14.0. The zero-order chi connectivity index (χ0) is 13.7. The number of carbonyl (C=O) groups excluding carboxylic acids is 1. The van der Waals surface area contributed by atoms with Crippen molar-refractivity contribution in [2.24, 2.45) is 5.92 Å². The van der Waals surface area contributed by atoms with Gasteiger partial charge in [0.25, 0.3) is 0 Å². The van der Waals surface area contributed by atoms with Crippen molar-refractivity contribution in [3.8, 4) is 0 Å². The van der Waals surface area contributed by atoms with Crippen molar-refractivity contribution in [2.75, 3.05) is 43.6 Å². The van der Waals surface area contributed by atoms with Crippen LogP contribution in [0.15, 0.2) is 6.07 Å². The van der Waals surface area contributed by atoms with Crippen LogP contribution in [-0.4, -0.2) is 43.6 Å². The van der Waals surface area contributed by atoms with Crippen molar-refractivity contribution in [1.29, 1.82) is 0 Å². The molecule has 0 aromatic carbocycles. The van der Waals surface area contributed by atoms with Gasteiger partial charge in [0, 0.05) is 33.8 Å². The lowest BCUT2D eigenvalue weighted by molar-refractivity contribution is -0.123. The zero-order valence-corrected chi connectivity index (χ0v) is 11.2. The van der Waals surface area contributed by atoms with Gasteiger partial charge >= 0.3 is 0 Å². The van der Waals surface area contributed by atoms with Gasteiger partial charge in [-0.05, 0) is 0 Å². The number of nitrogen functional groups attached to an aromatic ring is 1. The third kappa shape index (κ3) is 3.47. The summed E-state index contributed by atoms with van der Waals surface area (Å²) >= 11 is 0. The van der Waals surface area contributed by atoms with Crippen LogP contribution in [0.3, 0.4) is 0 Å². The monoisotopic (exact) mass is 252 g/mol. The number of nitrogens with one attached hydrogen (secondary N) is 2. The molecule has 0 aliphatic heterocycles. The summed E-state index contributed by atoms with van der Waals surface area (Å²) in [4.78, 5) is 21.5. The smallest absolute Gasteiger partial charge is 0.224 e. The van der Waals surface area contributed by atoms with Crippen molar-refractivity contribution < 1.29 is 4.79 Å². The molecule has 0 saturated carbocycles. The van der Waals surface area contributed by atoms with E-state index in [1.807, 2.05) is 18.9 Å². The molecule has 1 rings (SSSR count). The van der Waals surface area contributed by atoms with Gasteiger partial charge in [0.1, 0.15) is 11.6 Å². The van der Waals surface area contributed by atoms with Gasteiger partial charge in [-0.3, -0.25) is 4.79 Å². The number of hydrogen-bond acceptors (Lipinski definition) is 6. The maximum atomic E-state index is 11.5. The maximum absolute atomic E-state index is 11.5. The van der Waals surface area contributed by atoms with Crippen molar-refractivity contribution in [2.45, 2.75) is 6.92 Å². The van der Waals surface area contributed by atoms with Crippen LogP contribution in [0.25, 0.3) is 0 Å². The van der Waals surface area contributed by atoms with Gasteiger partial charge in [-0.1, -0.05) is 6.92 Å². The second-order valence-corrected chi connectivity index (χ2v) is 4.12. The first-order valence-electron chi connectivity index (χ1n) is 5.73. The topological polar surface area (TPSA) is 96.2 Å². The Balaban J connectivity index is 2.80. The molecule has 0 spiro atoms. The molecule has 0 aliphatic carbocycles. The number of hydrogen-bond donors (Lipinski definition) is 3. The van der Waals surface area contributed by atoms with Gasteiger partial charge in [-0.25, -0.2) is 0 Å². The number of nitrogens with two attached hydrogens (primary N) is 1. The third-order valence-corrected chi connectivity index (χ3v) is 2.62. The molecule has 1 atom stereocenters. The summed E-state index contributed by atoms with van der Waals surface area (Å²) in [5.41, 5.74) is 5.62. The minimum Gasteiger partial charge on any atom is -0.373 e. The fraction of sp³-hybridized carbons (Fsp3) is 0.545. The lowest BCUT2D eigenvalue weighted by Gasteiger charge is -2.22. The molecular formula is C11H20N6O. The molecule has 1 heterocycles. The Labute approximate surface area is 107 Å². The molecule has 1 aromatic rings. The molecule has 7 nitrogen and oxygen atoms in total. The number of aromatic nitrogens is 2. The lowest BCUT2D eigenvalue weighted by Crippen LogP contribution is -2.34. The lowest BCUT2D eigenvalue weighted by atomic mass is 10.1. The van der Waals surface area contributed by atoms with Gasteiger partial charge in [-0.15, -0.1) is 0 Å². The predicted molar refractivity (Wildman–Crippen MR) is 72.5 cm³/mol. The van der Waals surface area contributed by atoms with E-state index >= 15 is 0 Å². The van der Waals surface area contributed by atoms with Crippen LogP contribution in [0, 0.1) is 5.92 Å². The van der Waals surface area contributed by atoms with E-state index in [4.69, 9.17) is 5.73 Å². The predicted octanol–water partition coefficient (Wildman–Crippen LogP) is -0.0812. The largest absolute Gasteiger partial charge is 0.373 e. The molecule has 0 fully saturated rings. The van der Waals surface area contributed by atoms with E-state index in [2.05, 4.69) is 20.6 Å². The molecule has 0 saturated heterocycles. The standard InChI is InChI=1S/C11H20N6O/c1-7(10(18)14-3)6-17(4)9-5-8(13-2)15-11(12)16-9/h5,7H,6H2,1-4H3,(H,14,18)(H3,12,13,15,16). The first-order chi connectivity index (χ1) is 8.47. The molecule has 1 unspecified atom stereocenters. The minimum atomic E-state index is -0.130. The molecule has 4 N–H and O–H groups in total. The van der Waals surface area contributed by atoms with Gasteiger partial charge in [-0.2, -0.15) is 9.97 Å². The van der Waals surface area contributed by atoms with Crippen LogP contribution in [0.4, 0.5) is 17.6 Å². The van der Waals surface area contributed by atoms with Crippen LogP contribution < -0.4 is 21.3 Å². The maximum Gasteiger partial charge on any atom is 0.224 e. The van der Waals surface area contributed by atoms with Crippen molar-refractivity contribution in [3.63, 3.8) is 0 Å². The molecule has 18 heavy (non-hydrogen) atoms. The van der Waals surface area contributed by atoms with Gasteiger partial charge < -0.3 is 21.3 Å². The van der Waals surface area contributed by atoms with E-state index in [1.165, 1.54) is 0 Å². The SMILES string of the molecule is CNC(=O)C(C)CN(C)c1cc(NC)nc(N)n1. The van der Waals surface area contributed by atoms with E-state index in [0.29, 0.717) is 18.2 Å². The highest BCUT2D eigenvalue weighted by atomic mass is 16.1. The fourth-order valence-electron chi connectivity index (χ4n) is 1.61. The average molecular weight is 252 g/mol. The van der Waals surface area contributed by atoms with Crippen molar-refractivity contribution >= 4 is 23.5 Å². The normalized spacial score (nSPS) is 11.8. The molecule has 1 amide bonds. The number of carbonyl (C=O) groups is 1. The summed E-state index contributed by atoms with van der Waals surface area (Å²) in [6, 6.07) is 1.78. The highest BCUT2D eigenvalue weighted by Crippen LogP contribution is 2.16. The Morgan fingerprint density at radius 3 is 2.72 bits per heavy atom. The van der Waals surface area contributed by atoms with Crippen molar-refractivity contribution in [1.82, 2.24) is 15.3 Å². The molecule has 0 aliphatic rings. The molecular weight excluding hydrogens is 232 g/mol. The highest BCUT2D eigenvalue weighted by molar-refractivity contribution is 5.78. The highest BCUT2D eigenvalue weighted by Gasteiger charge is 2.15. The van der Waals surface area contributed by atoms with Crippen LogP contribution in [0.5, 0.6) is 0 Å². The summed E-state index contributed by atoms with van der Waals surface area (Å²) in [6.07, 6.45) is 0. The summed E-state index contributed by atoms with van der Waals surface area (Å²) < 4.78 is 0. The van der Waals surface area contributed by atoms with Gasteiger partial charge in [0.15, 0.2) is 0 Å². The summed E-state index contributed by atoms with van der Waals surface area (Å²) in [7, 11) is 5.25. The second-order valence-electron chi connectivity index (χ2n) is 4.12. The van der Waals surface area contributed by atoms with Crippen molar-refractivity contribution in [3.05, 3.63) is 6.07 Å². The van der Waals surface area contributed by atoms with Gasteiger partial charge in [0.2, 0.25) is 11.9 Å². The van der Waals surface area contributed by atoms with E-state index in [0.717, 1.165) is 0 Å². The van der Waals surface area contributed by atoms with Crippen LogP contribution in [-0.2, 0) is 4.79 Å². The van der Waals surface area contributed by atoms with Crippen LogP contribution >= 0.6 is 0 Å². The third-order valence-electron chi connectivity index (χ3n) is 2.62. The number of anilines is 3. The van der Waals surface area contributed by atoms with E-state index in [1.54, 1.807) is 20.2 Å². The Morgan fingerprint density at radius 1 is 1.50 bits per heavy atom. The summed E-state index contributed by atoms with van der Waals surface area (Å²) in [5.74, 6) is 1.41. The van der Waals surface area contributed by atoms with Gasteiger partial charge in [0.05, 0.1) is 5.92 Å². The van der Waals surface area contributed by atoms with E-state index in [-0.39, 0.29) is 17.8 Å². The number of rotatable bonds is 5. The second kappa shape index (κ2) is 6.04. The Morgan fingerprint density at radius 2 is 2.17 bits per heavy atom. The summed E-state index contributed by atoms with van der Waals surface area (Å²) in [5, 5.41) is 5.53. The summed E-state index contributed by atoms with van der Waals surface area (Å²) in [6.45, 7) is 2.41. The first-order valence-corrected chi connectivity index (χ1v) is 5.73. The Bertz CT molecular complexity index is 422. The fourth-order valence-corrected chi connectivity index (χ4v) is 1.61. The Hall–Kier alpha value is -2.05. The Kier molecular flexibility index (Phi) is 4.70. The quantitative estimate of drug-likeness (QED) is 0.678.